The van der Waals surface area contributed by atoms with E-state index in [9.17, 15) is 9.59 Å². The average Bonchev–Trinajstić information content (AvgIpc) is 3.32. The van der Waals surface area contributed by atoms with Crippen LogP contribution in [0.25, 0.3) is 11.1 Å². The molecule has 40 heavy (non-hydrogen) atoms. The molecule has 1 atom stereocenters. The molecule has 0 bridgehead atoms. The molecule has 6 nitrogen and oxygen atoms in total. The van der Waals surface area contributed by atoms with Crippen molar-refractivity contribution in [3.63, 3.8) is 0 Å². The van der Waals surface area contributed by atoms with E-state index in [1.165, 1.54) is 0 Å². The molecule has 0 aromatic heterocycles. The Balaban J connectivity index is 1.17. The zero-order valence-corrected chi connectivity index (χ0v) is 22.3. The summed E-state index contributed by atoms with van der Waals surface area (Å²) in [6, 6.07) is 34.6. The monoisotopic (exact) mass is 535 g/mol. The normalized spacial score (nSPS) is 12.6. The summed E-state index contributed by atoms with van der Waals surface area (Å²) in [5.41, 5.74) is 5.47. The fourth-order valence-electron chi connectivity index (χ4n) is 5.02. The Labute approximate surface area is 234 Å². The lowest BCUT2D eigenvalue weighted by Gasteiger charge is -2.19. The van der Waals surface area contributed by atoms with Gasteiger partial charge >= 0.3 is 12.1 Å². The van der Waals surface area contributed by atoms with E-state index < -0.39 is 18.1 Å². The number of benzene rings is 4. The highest BCUT2D eigenvalue weighted by Crippen LogP contribution is 2.44. The topological polar surface area (TPSA) is 73.9 Å². The highest BCUT2D eigenvalue weighted by atomic mass is 16.6. The summed E-state index contributed by atoms with van der Waals surface area (Å²) >= 11 is 0. The van der Waals surface area contributed by atoms with Crippen LogP contribution >= 0.6 is 0 Å². The number of hydrogen-bond donors (Lipinski definition) is 1. The maximum absolute atomic E-state index is 13.0. The number of unbranched alkanes of at least 4 members (excludes halogenated alkanes) is 1. The molecule has 4 aromatic carbocycles. The Kier molecular flexibility index (Phi) is 9.09. The first-order valence-corrected chi connectivity index (χ1v) is 13.7. The molecule has 5 rings (SSSR count). The second-order valence-electron chi connectivity index (χ2n) is 9.77. The van der Waals surface area contributed by atoms with E-state index in [1.807, 2.05) is 84.9 Å². The minimum absolute atomic E-state index is 0.0585. The summed E-state index contributed by atoms with van der Waals surface area (Å²) < 4.78 is 17.0. The number of amides is 1. The number of esters is 1. The second kappa shape index (κ2) is 13.5. The third-order valence-electron chi connectivity index (χ3n) is 7.04. The zero-order valence-electron chi connectivity index (χ0n) is 22.3. The summed E-state index contributed by atoms with van der Waals surface area (Å²) in [6.45, 7) is 0.830. The maximum atomic E-state index is 13.0. The average molecular weight is 536 g/mol. The Morgan fingerprint density at radius 1 is 0.700 bits per heavy atom. The lowest BCUT2D eigenvalue weighted by Crippen LogP contribution is -2.42. The number of ether oxygens (including phenoxy) is 3. The molecule has 1 unspecified atom stereocenters. The molecule has 204 valence electrons. The van der Waals surface area contributed by atoms with Gasteiger partial charge in [0.25, 0.3) is 0 Å². The molecule has 6 heteroatoms. The van der Waals surface area contributed by atoms with Crippen molar-refractivity contribution in [2.24, 2.45) is 0 Å². The van der Waals surface area contributed by atoms with Gasteiger partial charge in [0.15, 0.2) is 0 Å². The quantitative estimate of drug-likeness (QED) is 0.158. The summed E-state index contributed by atoms with van der Waals surface area (Å²) in [4.78, 5) is 25.9. The molecule has 0 spiro atoms. The number of carbonyl (C=O) groups excluding carboxylic acids is 2. The molecule has 1 aliphatic rings. The first-order chi connectivity index (χ1) is 19.7. The molecule has 0 fully saturated rings. The van der Waals surface area contributed by atoms with Gasteiger partial charge in [-0.15, -0.1) is 0 Å². The second-order valence-corrected chi connectivity index (χ2v) is 9.77. The van der Waals surface area contributed by atoms with Crippen molar-refractivity contribution in [3.8, 4) is 16.9 Å². The van der Waals surface area contributed by atoms with E-state index >= 15 is 0 Å². The van der Waals surface area contributed by atoms with Crippen molar-refractivity contribution in [2.45, 2.75) is 37.8 Å². The number of carbonyl (C=O) groups is 2. The zero-order chi connectivity index (χ0) is 27.6. The van der Waals surface area contributed by atoms with Gasteiger partial charge in [0, 0.05) is 5.92 Å². The van der Waals surface area contributed by atoms with E-state index in [2.05, 4.69) is 29.6 Å². The molecule has 0 saturated heterocycles. The van der Waals surface area contributed by atoms with Gasteiger partial charge < -0.3 is 19.5 Å². The molecule has 1 N–H and O–H groups in total. The van der Waals surface area contributed by atoms with Crippen molar-refractivity contribution in [2.75, 3.05) is 13.2 Å². The predicted molar refractivity (Wildman–Crippen MR) is 154 cm³/mol. The molecule has 4 aromatic rings. The summed E-state index contributed by atoms with van der Waals surface area (Å²) in [7, 11) is 0. The molecular formula is C34H33NO5. The van der Waals surface area contributed by atoms with Crippen LogP contribution in [0.3, 0.4) is 0 Å². The van der Waals surface area contributed by atoms with Crippen molar-refractivity contribution in [1.82, 2.24) is 5.32 Å². The van der Waals surface area contributed by atoms with E-state index in [0.717, 1.165) is 40.0 Å². The van der Waals surface area contributed by atoms with Crippen LogP contribution < -0.4 is 10.1 Å². The minimum Gasteiger partial charge on any atom is -0.494 e. The highest BCUT2D eigenvalue weighted by Gasteiger charge is 2.30. The van der Waals surface area contributed by atoms with E-state index in [0.29, 0.717) is 19.4 Å². The van der Waals surface area contributed by atoms with Gasteiger partial charge in [-0.05, 0) is 59.2 Å². The standard InChI is InChI=1S/C34H33NO5/c36-33(39-23-25-13-3-1-4-14-25)32(21-11-12-22-38-26-15-5-2-6-16-26)35-34(37)40-24-31-29-19-9-7-17-27(29)28-18-8-10-20-30(28)31/h1-10,13-20,31-32H,11-12,21-24H2,(H,35,37). The van der Waals surface area contributed by atoms with Crippen LogP contribution in [0.15, 0.2) is 109 Å². The third kappa shape index (κ3) is 6.89. The Morgan fingerprint density at radius 3 is 1.98 bits per heavy atom. The predicted octanol–water partition coefficient (Wildman–Crippen LogP) is 6.89. The van der Waals surface area contributed by atoms with Crippen molar-refractivity contribution >= 4 is 12.1 Å². The largest absolute Gasteiger partial charge is 0.494 e. The van der Waals surface area contributed by atoms with Crippen LogP contribution in [0, 0.1) is 0 Å². The van der Waals surface area contributed by atoms with Crippen LogP contribution in [0.1, 0.15) is 41.9 Å². The van der Waals surface area contributed by atoms with Crippen LogP contribution in [0.5, 0.6) is 5.75 Å². The van der Waals surface area contributed by atoms with Crippen molar-refractivity contribution in [3.05, 3.63) is 126 Å². The number of para-hydroxylation sites is 1. The number of alkyl carbamates (subject to hydrolysis) is 1. The molecule has 0 saturated carbocycles. The number of hydrogen-bond acceptors (Lipinski definition) is 5. The minimum atomic E-state index is -0.823. The van der Waals surface area contributed by atoms with E-state index in [1.54, 1.807) is 0 Å². The number of rotatable bonds is 12. The van der Waals surface area contributed by atoms with Gasteiger partial charge in [-0.2, -0.15) is 0 Å². The van der Waals surface area contributed by atoms with E-state index in [-0.39, 0.29) is 19.1 Å². The summed E-state index contributed by atoms with van der Waals surface area (Å²) in [6.07, 6.45) is 1.17. The molecular weight excluding hydrogens is 502 g/mol. The molecule has 0 aliphatic heterocycles. The Bertz CT molecular complexity index is 1360. The Hall–Kier alpha value is -4.58. The van der Waals surface area contributed by atoms with E-state index in [4.69, 9.17) is 14.2 Å². The highest BCUT2D eigenvalue weighted by molar-refractivity contribution is 5.82. The van der Waals surface area contributed by atoms with Crippen LogP contribution in [-0.4, -0.2) is 31.3 Å². The van der Waals surface area contributed by atoms with Crippen LogP contribution in [-0.2, 0) is 20.9 Å². The summed E-state index contributed by atoms with van der Waals surface area (Å²) in [5.74, 6) is 0.260. The van der Waals surface area contributed by atoms with Gasteiger partial charge in [-0.3, -0.25) is 0 Å². The van der Waals surface area contributed by atoms with Gasteiger partial charge in [0.2, 0.25) is 0 Å². The van der Waals surface area contributed by atoms with Crippen LogP contribution in [0.2, 0.25) is 0 Å². The lowest BCUT2D eigenvalue weighted by atomic mass is 9.98. The van der Waals surface area contributed by atoms with Gasteiger partial charge in [-0.1, -0.05) is 97.1 Å². The van der Waals surface area contributed by atoms with Gasteiger partial charge in [0.05, 0.1) is 6.61 Å². The van der Waals surface area contributed by atoms with Gasteiger partial charge in [-0.25, -0.2) is 9.59 Å². The van der Waals surface area contributed by atoms with Crippen molar-refractivity contribution in [1.29, 1.82) is 0 Å². The van der Waals surface area contributed by atoms with Gasteiger partial charge in [0.1, 0.15) is 25.0 Å². The third-order valence-corrected chi connectivity index (χ3v) is 7.04. The molecule has 0 radical (unpaired) electrons. The number of nitrogens with one attached hydrogen (secondary N) is 1. The first-order valence-electron chi connectivity index (χ1n) is 13.7. The molecule has 0 heterocycles. The molecule has 1 amide bonds. The Morgan fingerprint density at radius 2 is 1.30 bits per heavy atom. The van der Waals surface area contributed by atoms with Crippen LogP contribution in [0.4, 0.5) is 4.79 Å². The molecule has 1 aliphatic carbocycles. The fraction of sp³-hybridized carbons (Fsp3) is 0.235. The smallest absolute Gasteiger partial charge is 0.407 e. The number of fused-ring (bicyclic) bond motifs is 3. The SMILES string of the molecule is O=C(NC(CCCCOc1ccccc1)C(=O)OCc1ccccc1)OCC1c2ccccc2-c2ccccc21. The first kappa shape index (κ1) is 27.0. The summed E-state index contributed by atoms with van der Waals surface area (Å²) in [5, 5.41) is 2.76. The lowest BCUT2D eigenvalue weighted by molar-refractivity contribution is -0.147. The maximum Gasteiger partial charge on any atom is 0.407 e. The fourth-order valence-corrected chi connectivity index (χ4v) is 5.02. The van der Waals surface area contributed by atoms with Crippen molar-refractivity contribution < 1.29 is 23.8 Å².